The van der Waals surface area contributed by atoms with E-state index in [-0.39, 0.29) is 0 Å². The molecule has 1 heteroatoms. The number of fused-ring (bicyclic) bond motifs is 5. The summed E-state index contributed by atoms with van der Waals surface area (Å²) in [6, 6.07) is 51.0. The van der Waals surface area contributed by atoms with Gasteiger partial charge in [-0.05, 0) is 116 Å². The Morgan fingerprint density at radius 1 is 0.413 bits per heavy atom. The molecule has 218 valence electrons. The van der Waals surface area contributed by atoms with Crippen LogP contribution in [0, 0.1) is 20.8 Å². The third-order valence-corrected chi connectivity index (χ3v) is 9.68. The summed E-state index contributed by atoms with van der Waals surface area (Å²) in [7, 11) is 0. The second-order valence-corrected chi connectivity index (χ2v) is 12.7. The Labute approximate surface area is 269 Å². The molecule has 0 bridgehead atoms. The van der Waals surface area contributed by atoms with Crippen LogP contribution in [0.15, 0.2) is 140 Å². The van der Waals surface area contributed by atoms with Gasteiger partial charge in [0, 0.05) is 16.5 Å². The molecule has 1 heterocycles. The van der Waals surface area contributed by atoms with Crippen molar-refractivity contribution < 1.29 is 4.74 Å². The normalized spacial score (nSPS) is 12.0. The van der Waals surface area contributed by atoms with Gasteiger partial charge in [0.1, 0.15) is 11.5 Å². The van der Waals surface area contributed by atoms with Crippen molar-refractivity contribution >= 4 is 32.3 Å². The SMILES string of the molecule is Cc1cc(C)c(-c2cccc(-c3ccc4cc(-c5cccc6c5Oc5cc7ccccc7c7cccc-6c57)ccc4c3)c2)c(C)c1. The van der Waals surface area contributed by atoms with Gasteiger partial charge in [0.05, 0.1) is 0 Å². The summed E-state index contributed by atoms with van der Waals surface area (Å²) in [4.78, 5) is 0. The molecule has 0 aliphatic carbocycles. The smallest absolute Gasteiger partial charge is 0.143 e. The minimum absolute atomic E-state index is 0.923. The van der Waals surface area contributed by atoms with Gasteiger partial charge in [0.2, 0.25) is 0 Å². The molecule has 1 nitrogen and oxygen atoms in total. The van der Waals surface area contributed by atoms with E-state index < -0.39 is 0 Å². The number of aryl methyl sites for hydroxylation is 3. The summed E-state index contributed by atoms with van der Waals surface area (Å²) < 4.78 is 6.80. The van der Waals surface area contributed by atoms with Crippen molar-refractivity contribution in [1.82, 2.24) is 0 Å². The first kappa shape index (κ1) is 26.7. The number of rotatable bonds is 3. The average Bonchev–Trinajstić information content (AvgIpc) is 3.07. The third-order valence-electron chi connectivity index (χ3n) is 9.68. The van der Waals surface area contributed by atoms with Crippen LogP contribution in [0.4, 0.5) is 0 Å². The molecule has 0 aromatic heterocycles. The zero-order chi connectivity index (χ0) is 30.9. The summed E-state index contributed by atoms with van der Waals surface area (Å²) >= 11 is 0. The maximum Gasteiger partial charge on any atom is 0.143 e. The van der Waals surface area contributed by atoms with E-state index in [1.165, 1.54) is 76.8 Å². The van der Waals surface area contributed by atoms with Gasteiger partial charge >= 0.3 is 0 Å². The molecule has 0 fully saturated rings. The van der Waals surface area contributed by atoms with Crippen LogP contribution in [0.5, 0.6) is 11.5 Å². The lowest BCUT2D eigenvalue weighted by molar-refractivity contribution is 0.489. The van der Waals surface area contributed by atoms with Gasteiger partial charge in [-0.25, -0.2) is 0 Å². The van der Waals surface area contributed by atoms with Crippen molar-refractivity contribution in [2.24, 2.45) is 0 Å². The summed E-state index contributed by atoms with van der Waals surface area (Å²) in [5, 5.41) is 7.31. The third kappa shape index (κ3) is 4.16. The van der Waals surface area contributed by atoms with Crippen molar-refractivity contribution in [3.63, 3.8) is 0 Å². The van der Waals surface area contributed by atoms with Crippen molar-refractivity contribution in [2.45, 2.75) is 20.8 Å². The van der Waals surface area contributed by atoms with Crippen molar-refractivity contribution in [3.05, 3.63) is 156 Å². The Balaban J connectivity index is 1.12. The maximum absolute atomic E-state index is 6.80. The molecule has 8 aromatic carbocycles. The van der Waals surface area contributed by atoms with E-state index in [0.717, 1.165) is 28.2 Å². The maximum atomic E-state index is 6.80. The lowest BCUT2D eigenvalue weighted by Gasteiger charge is -2.24. The van der Waals surface area contributed by atoms with E-state index in [1.54, 1.807) is 0 Å². The highest BCUT2D eigenvalue weighted by molar-refractivity contribution is 6.17. The molecular weight excluding hydrogens is 556 g/mol. The number of ether oxygens (including phenoxy) is 1. The average molecular weight is 589 g/mol. The standard InChI is InChI=1S/C45H32O/c1-27-21-28(2)43(29(3)22-27)36-11-6-10-30(25-36)31-17-18-33-24-35(20-19-32(33)23-31)38-13-7-16-41-40-15-8-14-39-37-12-5-4-9-34(37)26-42(44(39)40)46-45(38)41/h4-26H,1-3H3. The highest BCUT2D eigenvalue weighted by Crippen LogP contribution is 2.51. The van der Waals surface area contributed by atoms with E-state index in [4.69, 9.17) is 4.74 Å². The Morgan fingerprint density at radius 2 is 1.04 bits per heavy atom. The number of hydrogen-bond donors (Lipinski definition) is 0. The van der Waals surface area contributed by atoms with Crippen LogP contribution in [0.25, 0.3) is 76.8 Å². The van der Waals surface area contributed by atoms with Gasteiger partial charge in [-0.2, -0.15) is 0 Å². The predicted octanol–water partition coefficient (Wildman–Crippen LogP) is 12.8. The van der Waals surface area contributed by atoms with Crippen LogP contribution >= 0.6 is 0 Å². The Morgan fingerprint density at radius 3 is 1.89 bits per heavy atom. The molecule has 0 saturated heterocycles. The Bertz CT molecular complexity index is 2510. The fraction of sp³-hybridized carbons (Fsp3) is 0.0667. The Hall–Kier alpha value is -5.66. The summed E-state index contributed by atoms with van der Waals surface area (Å²) in [5.41, 5.74) is 13.6. The molecule has 0 radical (unpaired) electrons. The van der Waals surface area contributed by atoms with E-state index in [9.17, 15) is 0 Å². The first-order valence-electron chi connectivity index (χ1n) is 16.0. The highest BCUT2D eigenvalue weighted by atomic mass is 16.5. The summed E-state index contributed by atoms with van der Waals surface area (Å²) in [6.45, 7) is 6.60. The molecule has 9 rings (SSSR count). The zero-order valence-electron chi connectivity index (χ0n) is 26.2. The van der Waals surface area contributed by atoms with E-state index in [0.29, 0.717) is 0 Å². The van der Waals surface area contributed by atoms with Crippen molar-refractivity contribution in [2.75, 3.05) is 0 Å². The van der Waals surface area contributed by atoms with Gasteiger partial charge < -0.3 is 4.74 Å². The molecule has 0 spiro atoms. The van der Waals surface area contributed by atoms with E-state index in [1.807, 2.05) is 0 Å². The summed E-state index contributed by atoms with van der Waals surface area (Å²) in [5.74, 6) is 1.85. The van der Waals surface area contributed by atoms with Crippen LogP contribution in [-0.4, -0.2) is 0 Å². The Kier molecular flexibility index (Phi) is 5.92. The van der Waals surface area contributed by atoms with E-state index >= 15 is 0 Å². The lowest BCUT2D eigenvalue weighted by Crippen LogP contribution is -1.99. The largest absolute Gasteiger partial charge is 0.455 e. The molecular formula is C45H32O. The first-order valence-corrected chi connectivity index (χ1v) is 16.0. The number of hydrogen-bond acceptors (Lipinski definition) is 1. The second-order valence-electron chi connectivity index (χ2n) is 12.7. The zero-order valence-corrected chi connectivity index (χ0v) is 26.2. The molecule has 0 saturated carbocycles. The monoisotopic (exact) mass is 588 g/mol. The van der Waals surface area contributed by atoms with Crippen LogP contribution in [-0.2, 0) is 0 Å². The van der Waals surface area contributed by atoms with Crippen molar-refractivity contribution in [1.29, 1.82) is 0 Å². The topological polar surface area (TPSA) is 9.23 Å². The fourth-order valence-electron chi connectivity index (χ4n) is 7.71. The predicted molar refractivity (Wildman–Crippen MR) is 195 cm³/mol. The molecule has 0 amide bonds. The molecule has 1 aliphatic rings. The van der Waals surface area contributed by atoms with E-state index in [2.05, 4.69) is 160 Å². The first-order chi connectivity index (χ1) is 22.5. The van der Waals surface area contributed by atoms with Gasteiger partial charge in [-0.1, -0.05) is 121 Å². The molecule has 8 aromatic rings. The number of para-hydroxylation sites is 1. The molecule has 1 aliphatic heterocycles. The quantitative estimate of drug-likeness (QED) is 0.187. The van der Waals surface area contributed by atoms with Crippen molar-refractivity contribution in [3.8, 4) is 56.0 Å². The number of benzene rings is 8. The van der Waals surface area contributed by atoms with Crippen LogP contribution in [0.2, 0.25) is 0 Å². The summed E-state index contributed by atoms with van der Waals surface area (Å²) in [6.07, 6.45) is 0. The van der Waals surface area contributed by atoms with Gasteiger partial charge in [-0.15, -0.1) is 0 Å². The molecule has 0 unspecified atom stereocenters. The van der Waals surface area contributed by atoms with Gasteiger partial charge in [0.15, 0.2) is 0 Å². The lowest BCUT2D eigenvalue weighted by atomic mass is 9.89. The molecule has 0 N–H and O–H groups in total. The van der Waals surface area contributed by atoms with Crippen LogP contribution in [0.3, 0.4) is 0 Å². The second kappa shape index (κ2) is 10.2. The molecule has 0 atom stereocenters. The van der Waals surface area contributed by atoms with Gasteiger partial charge in [-0.3, -0.25) is 0 Å². The minimum atomic E-state index is 0.923. The highest BCUT2D eigenvalue weighted by Gasteiger charge is 2.24. The fourth-order valence-corrected chi connectivity index (χ4v) is 7.71. The molecule has 46 heavy (non-hydrogen) atoms. The van der Waals surface area contributed by atoms with Gasteiger partial charge in [0.25, 0.3) is 0 Å². The van der Waals surface area contributed by atoms with Crippen LogP contribution in [0.1, 0.15) is 16.7 Å². The van der Waals surface area contributed by atoms with Crippen LogP contribution < -0.4 is 4.74 Å². The minimum Gasteiger partial charge on any atom is -0.455 e.